The summed E-state index contributed by atoms with van der Waals surface area (Å²) in [5.74, 6) is 1.73. The number of amides is 1. The molecule has 0 fully saturated rings. The van der Waals surface area contributed by atoms with Crippen LogP contribution < -0.4 is 10.1 Å². The van der Waals surface area contributed by atoms with E-state index >= 15 is 0 Å². The first-order chi connectivity index (χ1) is 14.0. The number of hydrogen-bond donors (Lipinski definition) is 1. The van der Waals surface area contributed by atoms with Gasteiger partial charge in [0.15, 0.2) is 17.1 Å². The number of hydrogen-bond acceptors (Lipinski definition) is 5. The molecule has 0 saturated heterocycles. The number of aromatic nitrogens is 3. The number of carbonyl (C=O) groups excluding carboxylic acids is 1. The van der Waals surface area contributed by atoms with Crippen molar-refractivity contribution in [2.75, 3.05) is 11.1 Å². The largest absolute Gasteiger partial charge is 0.482 e. The third-order valence-corrected chi connectivity index (χ3v) is 5.78. The average Bonchev–Trinajstić information content (AvgIpc) is 3.13. The summed E-state index contributed by atoms with van der Waals surface area (Å²) in [4.78, 5) is 12.3. The van der Waals surface area contributed by atoms with Gasteiger partial charge in [-0.05, 0) is 56.7 Å². The zero-order valence-electron chi connectivity index (χ0n) is 16.6. The quantitative estimate of drug-likeness (QED) is 0.452. The first-order valence-corrected chi connectivity index (χ1v) is 11.1. The van der Waals surface area contributed by atoms with Gasteiger partial charge in [-0.1, -0.05) is 45.9 Å². The van der Waals surface area contributed by atoms with Crippen molar-refractivity contribution in [3.8, 4) is 5.75 Å². The van der Waals surface area contributed by atoms with Crippen LogP contribution in [0.25, 0.3) is 0 Å². The second-order valence-corrected chi connectivity index (χ2v) is 8.31. The molecule has 0 aliphatic heterocycles. The topological polar surface area (TPSA) is 69.0 Å². The lowest BCUT2D eigenvalue weighted by Crippen LogP contribution is -2.15. The molecule has 1 amide bonds. The number of halogens is 1. The molecule has 0 saturated carbocycles. The number of nitrogens with zero attached hydrogens (tertiary/aromatic N) is 3. The summed E-state index contributed by atoms with van der Waals surface area (Å²) in [5.41, 5.74) is 1.83. The Hall–Kier alpha value is -2.32. The molecular weight excluding hydrogens is 452 g/mol. The van der Waals surface area contributed by atoms with E-state index in [0.29, 0.717) is 11.7 Å². The molecule has 152 valence electrons. The van der Waals surface area contributed by atoms with Gasteiger partial charge >= 0.3 is 0 Å². The first-order valence-electron chi connectivity index (χ1n) is 9.31. The molecule has 1 heterocycles. The standard InChI is InChI=1S/C21H23BrN4O2S/c1-4-26-20(15(3)28-18-8-6-5-7-14(18)2)24-25-21(26)29-13-19(27)23-17-11-9-16(22)10-12-17/h5-12,15H,4,13H2,1-3H3,(H,23,27). The summed E-state index contributed by atoms with van der Waals surface area (Å²) in [6, 6.07) is 15.4. The summed E-state index contributed by atoms with van der Waals surface area (Å²) in [7, 11) is 0. The van der Waals surface area contributed by atoms with Crippen LogP contribution in [0.15, 0.2) is 58.2 Å². The summed E-state index contributed by atoms with van der Waals surface area (Å²) in [6.07, 6.45) is -0.255. The third kappa shape index (κ3) is 5.61. The molecule has 0 bridgehead atoms. The third-order valence-electron chi connectivity index (χ3n) is 4.28. The number of benzene rings is 2. The van der Waals surface area contributed by atoms with E-state index in [1.165, 1.54) is 11.8 Å². The van der Waals surface area contributed by atoms with Crippen LogP contribution in [0.1, 0.15) is 31.3 Å². The van der Waals surface area contributed by atoms with Gasteiger partial charge in [-0.2, -0.15) is 0 Å². The van der Waals surface area contributed by atoms with Crippen LogP contribution in [0, 0.1) is 6.92 Å². The molecule has 3 aromatic rings. The zero-order valence-corrected chi connectivity index (χ0v) is 19.0. The van der Waals surface area contributed by atoms with E-state index in [1.54, 1.807) is 0 Å². The maximum absolute atomic E-state index is 12.3. The number of thioether (sulfide) groups is 1. The van der Waals surface area contributed by atoms with Crippen molar-refractivity contribution < 1.29 is 9.53 Å². The summed E-state index contributed by atoms with van der Waals surface area (Å²) >= 11 is 4.74. The number of carbonyl (C=O) groups is 1. The van der Waals surface area contributed by atoms with Crippen molar-refractivity contribution in [1.82, 2.24) is 14.8 Å². The maximum Gasteiger partial charge on any atom is 0.234 e. The smallest absolute Gasteiger partial charge is 0.234 e. The fraction of sp³-hybridized carbons (Fsp3) is 0.286. The molecule has 0 radical (unpaired) electrons. The molecule has 6 nitrogen and oxygen atoms in total. The highest BCUT2D eigenvalue weighted by Gasteiger charge is 2.20. The fourth-order valence-corrected chi connectivity index (χ4v) is 3.87. The Morgan fingerprint density at radius 2 is 1.93 bits per heavy atom. The van der Waals surface area contributed by atoms with Gasteiger partial charge in [0.25, 0.3) is 0 Å². The van der Waals surface area contributed by atoms with Crippen molar-refractivity contribution in [3.05, 3.63) is 64.4 Å². The van der Waals surface area contributed by atoms with Gasteiger partial charge in [0.1, 0.15) is 5.75 Å². The molecule has 0 spiro atoms. The van der Waals surface area contributed by atoms with Gasteiger partial charge in [-0.25, -0.2) is 0 Å². The van der Waals surface area contributed by atoms with Gasteiger partial charge in [0.05, 0.1) is 5.75 Å². The second kappa shape index (κ2) is 9.93. The normalized spacial score (nSPS) is 11.9. The molecule has 3 rings (SSSR count). The molecule has 1 atom stereocenters. The molecule has 8 heteroatoms. The summed E-state index contributed by atoms with van der Waals surface area (Å²) in [5, 5.41) is 12.2. The van der Waals surface area contributed by atoms with Gasteiger partial charge < -0.3 is 14.6 Å². The first kappa shape index (κ1) is 21.4. The number of nitrogens with one attached hydrogen (secondary N) is 1. The highest BCUT2D eigenvalue weighted by atomic mass is 79.9. The van der Waals surface area contributed by atoms with Crippen LogP contribution in [0.3, 0.4) is 0 Å². The van der Waals surface area contributed by atoms with Gasteiger partial charge in [0.2, 0.25) is 5.91 Å². The number of aryl methyl sites for hydroxylation is 1. The molecule has 1 N–H and O–H groups in total. The lowest BCUT2D eigenvalue weighted by molar-refractivity contribution is -0.113. The number of rotatable bonds is 8. The van der Waals surface area contributed by atoms with E-state index in [9.17, 15) is 4.79 Å². The summed E-state index contributed by atoms with van der Waals surface area (Å²) < 4.78 is 9.04. The van der Waals surface area contributed by atoms with Gasteiger partial charge in [-0.15, -0.1) is 10.2 Å². The molecule has 0 aliphatic rings. The Balaban J connectivity index is 1.63. The van der Waals surface area contributed by atoms with Crippen molar-refractivity contribution in [3.63, 3.8) is 0 Å². The predicted molar refractivity (Wildman–Crippen MR) is 119 cm³/mol. The van der Waals surface area contributed by atoms with E-state index in [0.717, 1.165) is 27.3 Å². The van der Waals surface area contributed by atoms with Gasteiger partial charge in [0, 0.05) is 16.7 Å². The monoisotopic (exact) mass is 474 g/mol. The number of anilines is 1. The fourth-order valence-electron chi connectivity index (χ4n) is 2.80. The molecule has 2 aromatic carbocycles. The van der Waals surface area contributed by atoms with Crippen molar-refractivity contribution >= 4 is 39.3 Å². The lowest BCUT2D eigenvalue weighted by atomic mass is 10.2. The molecule has 1 unspecified atom stereocenters. The lowest BCUT2D eigenvalue weighted by Gasteiger charge is -2.17. The Morgan fingerprint density at radius 1 is 1.21 bits per heavy atom. The van der Waals surface area contributed by atoms with Crippen LogP contribution in [0.4, 0.5) is 5.69 Å². The Morgan fingerprint density at radius 3 is 2.62 bits per heavy atom. The highest BCUT2D eigenvalue weighted by molar-refractivity contribution is 9.10. The number of ether oxygens (including phenoxy) is 1. The Bertz CT molecular complexity index is 975. The Kier molecular flexibility index (Phi) is 7.33. The van der Waals surface area contributed by atoms with E-state index in [2.05, 4.69) is 31.4 Å². The van der Waals surface area contributed by atoms with Crippen LogP contribution in [-0.2, 0) is 11.3 Å². The molecule has 1 aromatic heterocycles. The van der Waals surface area contributed by atoms with Crippen LogP contribution in [-0.4, -0.2) is 26.4 Å². The van der Waals surface area contributed by atoms with E-state index in [4.69, 9.17) is 4.74 Å². The van der Waals surface area contributed by atoms with E-state index < -0.39 is 0 Å². The number of para-hydroxylation sites is 1. The minimum Gasteiger partial charge on any atom is -0.482 e. The molecule has 29 heavy (non-hydrogen) atoms. The second-order valence-electron chi connectivity index (χ2n) is 6.45. The average molecular weight is 475 g/mol. The zero-order chi connectivity index (χ0) is 20.8. The Labute approximate surface area is 183 Å². The van der Waals surface area contributed by atoms with Crippen molar-refractivity contribution in [2.24, 2.45) is 0 Å². The predicted octanol–water partition coefficient (Wildman–Crippen LogP) is 5.24. The molecule has 0 aliphatic carbocycles. The summed E-state index contributed by atoms with van der Waals surface area (Å²) in [6.45, 7) is 6.69. The van der Waals surface area contributed by atoms with Crippen LogP contribution >= 0.6 is 27.7 Å². The van der Waals surface area contributed by atoms with Crippen molar-refractivity contribution in [1.29, 1.82) is 0 Å². The minimum absolute atomic E-state index is 0.0891. The SMILES string of the molecule is CCn1c(SCC(=O)Nc2ccc(Br)cc2)nnc1C(C)Oc1ccccc1C. The van der Waals surface area contributed by atoms with Gasteiger partial charge in [-0.3, -0.25) is 4.79 Å². The van der Waals surface area contributed by atoms with Crippen LogP contribution in [0.5, 0.6) is 5.75 Å². The van der Waals surface area contributed by atoms with Crippen molar-refractivity contribution in [2.45, 2.75) is 38.6 Å². The maximum atomic E-state index is 12.3. The molecular formula is C21H23BrN4O2S. The van der Waals surface area contributed by atoms with E-state index in [1.807, 2.05) is 73.9 Å². The van der Waals surface area contributed by atoms with E-state index in [-0.39, 0.29) is 17.8 Å². The minimum atomic E-state index is -0.255. The highest BCUT2D eigenvalue weighted by Crippen LogP contribution is 2.26. The van der Waals surface area contributed by atoms with Crippen LogP contribution in [0.2, 0.25) is 0 Å².